The second kappa shape index (κ2) is 6.73. The fraction of sp³-hybridized carbons (Fsp3) is 0.462. The number of hydrogen-bond acceptors (Lipinski definition) is 6. The van der Waals surface area contributed by atoms with Gasteiger partial charge in [-0.3, -0.25) is 10.1 Å². The molecule has 0 saturated heterocycles. The zero-order chi connectivity index (χ0) is 15.2. The number of nitro groups is 1. The van der Waals surface area contributed by atoms with E-state index in [0.29, 0.717) is 12.2 Å². The summed E-state index contributed by atoms with van der Waals surface area (Å²) in [5.74, 6) is 0.605. The molecule has 0 saturated carbocycles. The van der Waals surface area contributed by atoms with Crippen LogP contribution >= 0.6 is 0 Å². The van der Waals surface area contributed by atoms with Crippen molar-refractivity contribution in [1.29, 1.82) is 5.26 Å². The molecule has 0 fully saturated rings. The summed E-state index contributed by atoms with van der Waals surface area (Å²) in [6.45, 7) is 1.91. The van der Waals surface area contributed by atoms with Crippen LogP contribution in [-0.2, 0) is 0 Å². The van der Waals surface area contributed by atoms with Crippen LogP contribution < -0.4 is 14.8 Å². The van der Waals surface area contributed by atoms with Crippen molar-refractivity contribution < 1.29 is 14.4 Å². The van der Waals surface area contributed by atoms with Gasteiger partial charge in [-0.2, -0.15) is 5.26 Å². The van der Waals surface area contributed by atoms with Crippen LogP contribution in [0.2, 0.25) is 0 Å². The Kier molecular flexibility index (Phi) is 5.29. The second-order valence-electron chi connectivity index (χ2n) is 4.38. The molecule has 1 aromatic carbocycles. The third-order valence-electron chi connectivity index (χ3n) is 3.02. The Bertz CT molecular complexity index is 527. The number of nitrogens with zero attached hydrogens (tertiary/aromatic N) is 2. The van der Waals surface area contributed by atoms with Crippen LogP contribution in [0.3, 0.4) is 0 Å². The molecular weight excluding hydrogens is 262 g/mol. The summed E-state index contributed by atoms with van der Waals surface area (Å²) in [7, 11) is 3.15. The molecule has 1 N–H and O–H groups in total. The lowest BCUT2D eigenvalue weighted by atomic mass is 10.0. The average molecular weight is 279 g/mol. The Hall–Kier alpha value is -2.33. The van der Waals surface area contributed by atoms with Crippen LogP contribution in [0.25, 0.3) is 0 Å². The van der Waals surface area contributed by atoms with Crippen molar-refractivity contribution in [2.75, 3.05) is 20.8 Å². The third-order valence-corrected chi connectivity index (χ3v) is 3.02. The molecule has 0 amide bonds. The Morgan fingerprint density at radius 2 is 2.25 bits per heavy atom. The summed E-state index contributed by atoms with van der Waals surface area (Å²) >= 11 is 0. The fourth-order valence-electron chi connectivity index (χ4n) is 1.49. The molecule has 7 nitrogen and oxygen atoms in total. The topological polar surface area (TPSA) is 97.4 Å². The SMILES string of the molecule is CNC(C)(C#N)CCOc1cc(OC)ccc1[N+](=O)[O-]. The van der Waals surface area contributed by atoms with Crippen LogP contribution in [0.4, 0.5) is 5.69 Å². The number of methoxy groups -OCH3 is 1. The van der Waals surface area contributed by atoms with E-state index < -0.39 is 10.5 Å². The van der Waals surface area contributed by atoms with Gasteiger partial charge in [0.1, 0.15) is 11.3 Å². The first-order valence-corrected chi connectivity index (χ1v) is 6.01. The molecule has 0 aliphatic rings. The molecule has 0 bridgehead atoms. The molecule has 1 unspecified atom stereocenters. The first-order chi connectivity index (χ1) is 9.45. The Labute approximate surface area is 117 Å². The van der Waals surface area contributed by atoms with Gasteiger partial charge in [-0.1, -0.05) is 0 Å². The molecule has 1 atom stereocenters. The van der Waals surface area contributed by atoms with E-state index in [1.54, 1.807) is 14.0 Å². The monoisotopic (exact) mass is 279 g/mol. The summed E-state index contributed by atoms with van der Waals surface area (Å²) in [5, 5.41) is 22.8. The van der Waals surface area contributed by atoms with Crippen molar-refractivity contribution in [2.24, 2.45) is 0 Å². The average Bonchev–Trinajstić information content (AvgIpc) is 2.46. The smallest absolute Gasteiger partial charge is 0.311 e. The minimum atomic E-state index is -0.729. The third kappa shape index (κ3) is 3.83. The van der Waals surface area contributed by atoms with Gasteiger partial charge in [0.15, 0.2) is 0 Å². The van der Waals surface area contributed by atoms with Gasteiger partial charge in [-0.05, 0) is 20.0 Å². The standard InChI is InChI=1S/C13H17N3O4/c1-13(9-14,15-2)6-7-20-12-8-10(19-3)4-5-11(12)16(17)18/h4-5,8,15H,6-7H2,1-3H3. The van der Waals surface area contributed by atoms with Gasteiger partial charge in [0.05, 0.1) is 24.7 Å². The van der Waals surface area contributed by atoms with Crippen LogP contribution in [0.1, 0.15) is 13.3 Å². The molecular formula is C13H17N3O4. The second-order valence-corrected chi connectivity index (χ2v) is 4.38. The molecule has 1 aromatic rings. The Morgan fingerprint density at radius 1 is 1.55 bits per heavy atom. The van der Waals surface area contributed by atoms with Gasteiger partial charge in [0, 0.05) is 18.6 Å². The van der Waals surface area contributed by atoms with Crippen molar-refractivity contribution in [2.45, 2.75) is 18.9 Å². The molecule has 20 heavy (non-hydrogen) atoms. The molecule has 0 aliphatic carbocycles. The maximum absolute atomic E-state index is 10.9. The predicted octanol–water partition coefficient (Wildman–Crippen LogP) is 1.87. The lowest BCUT2D eigenvalue weighted by molar-refractivity contribution is -0.385. The Balaban J connectivity index is 2.81. The van der Waals surface area contributed by atoms with E-state index >= 15 is 0 Å². The minimum Gasteiger partial charge on any atom is -0.497 e. The largest absolute Gasteiger partial charge is 0.497 e. The van der Waals surface area contributed by atoms with E-state index in [1.165, 1.54) is 25.3 Å². The predicted molar refractivity (Wildman–Crippen MR) is 72.8 cm³/mol. The van der Waals surface area contributed by atoms with Crippen LogP contribution in [0, 0.1) is 21.4 Å². The van der Waals surface area contributed by atoms with Crippen LogP contribution in [-0.4, -0.2) is 31.2 Å². The normalized spacial score (nSPS) is 13.1. The maximum atomic E-state index is 10.9. The molecule has 0 aliphatic heterocycles. The first-order valence-electron chi connectivity index (χ1n) is 6.01. The highest BCUT2D eigenvalue weighted by Gasteiger charge is 2.22. The van der Waals surface area contributed by atoms with Crippen LogP contribution in [0.15, 0.2) is 18.2 Å². The quantitative estimate of drug-likeness (QED) is 0.604. The highest BCUT2D eigenvalue weighted by molar-refractivity contribution is 5.50. The lowest BCUT2D eigenvalue weighted by Crippen LogP contribution is -2.39. The summed E-state index contributed by atoms with van der Waals surface area (Å²) in [4.78, 5) is 10.4. The number of nitro benzene ring substituents is 1. The van der Waals surface area contributed by atoms with Crippen molar-refractivity contribution in [3.8, 4) is 17.6 Å². The molecule has 1 rings (SSSR count). The van der Waals surface area contributed by atoms with E-state index in [1.807, 2.05) is 0 Å². The number of rotatable bonds is 7. The molecule has 0 aromatic heterocycles. The molecule has 0 heterocycles. The fourth-order valence-corrected chi connectivity index (χ4v) is 1.49. The first kappa shape index (κ1) is 15.7. The number of nitriles is 1. The van der Waals surface area contributed by atoms with Gasteiger partial charge < -0.3 is 14.8 Å². The zero-order valence-electron chi connectivity index (χ0n) is 11.7. The van der Waals surface area contributed by atoms with Crippen molar-refractivity contribution >= 4 is 5.69 Å². The van der Waals surface area contributed by atoms with Gasteiger partial charge in [0.2, 0.25) is 5.75 Å². The van der Waals surface area contributed by atoms with E-state index in [-0.39, 0.29) is 18.0 Å². The highest BCUT2D eigenvalue weighted by Crippen LogP contribution is 2.31. The maximum Gasteiger partial charge on any atom is 0.311 e. The van der Waals surface area contributed by atoms with Gasteiger partial charge in [-0.15, -0.1) is 0 Å². The van der Waals surface area contributed by atoms with E-state index in [0.717, 1.165) is 0 Å². The van der Waals surface area contributed by atoms with Crippen molar-refractivity contribution in [1.82, 2.24) is 5.32 Å². The van der Waals surface area contributed by atoms with E-state index in [4.69, 9.17) is 14.7 Å². The number of benzene rings is 1. The van der Waals surface area contributed by atoms with Crippen molar-refractivity contribution in [3.05, 3.63) is 28.3 Å². The van der Waals surface area contributed by atoms with Gasteiger partial charge in [-0.25, -0.2) is 0 Å². The number of hydrogen-bond donors (Lipinski definition) is 1. The zero-order valence-corrected chi connectivity index (χ0v) is 11.7. The Morgan fingerprint density at radius 3 is 2.75 bits per heavy atom. The molecule has 7 heteroatoms. The van der Waals surface area contributed by atoms with Gasteiger partial charge >= 0.3 is 5.69 Å². The minimum absolute atomic E-state index is 0.130. The number of ether oxygens (including phenoxy) is 2. The number of nitrogens with one attached hydrogen (secondary N) is 1. The summed E-state index contributed by atoms with van der Waals surface area (Å²) in [5.41, 5.74) is -0.859. The summed E-state index contributed by atoms with van der Waals surface area (Å²) < 4.78 is 10.4. The lowest BCUT2D eigenvalue weighted by Gasteiger charge is -2.20. The van der Waals surface area contributed by atoms with Crippen LogP contribution in [0.5, 0.6) is 11.5 Å². The molecule has 0 spiro atoms. The summed E-state index contributed by atoms with van der Waals surface area (Å²) in [6.07, 6.45) is 0.397. The van der Waals surface area contributed by atoms with E-state index in [9.17, 15) is 10.1 Å². The summed E-state index contributed by atoms with van der Waals surface area (Å²) in [6, 6.07) is 6.41. The van der Waals surface area contributed by atoms with Gasteiger partial charge in [0.25, 0.3) is 0 Å². The molecule has 0 radical (unpaired) electrons. The highest BCUT2D eigenvalue weighted by atomic mass is 16.6. The van der Waals surface area contributed by atoms with E-state index in [2.05, 4.69) is 11.4 Å². The van der Waals surface area contributed by atoms with Crippen molar-refractivity contribution in [3.63, 3.8) is 0 Å². The molecule has 108 valence electrons.